The predicted octanol–water partition coefficient (Wildman–Crippen LogP) is 4.65. The average Bonchev–Trinajstić information content (AvgIpc) is 2.86. The molecule has 0 saturated carbocycles. The van der Waals surface area contributed by atoms with Crippen LogP contribution < -0.4 is 9.64 Å². The van der Waals surface area contributed by atoms with E-state index in [0.717, 1.165) is 27.5 Å². The van der Waals surface area contributed by atoms with Crippen molar-refractivity contribution >= 4 is 45.0 Å². The Labute approximate surface area is 201 Å². The Bertz CT molecular complexity index is 1430. The molecule has 0 spiro atoms. The van der Waals surface area contributed by atoms with Crippen molar-refractivity contribution in [3.63, 3.8) is 0 Å². The van der Waals surface area contributed by atoms with Crippen molar-refractivity contribution in [1.29, 1.82) is 0 Å². The number of carbonyl (C=O) groups excluding carboxylic acids is 1. The summed E-state index contributed by atoms with van der Waals surface area (Å²) in [5.74, 6) is 1.33. The number of aromatic hydroxyl groups is 1. The van der Waals surface area contributed by atoms with Gasteiger partial charge in [0.1, 0.15) is 23.4 Å². The van der Waals surface area contributed by atoms with Gasteiger partial charge in [0.05, 0.1) is 12.1 Å². The molecule has 0 atom stereocenters. The summed E-state index contributed by atoms with van der Waals surface area (Å²) in [6.45, 7) is 5.99. The van der Waals surface area contributed by atoms with Crippen molar-refractivity contribution in [2.75, 3.05) is 38.2 Å². The SMILES string of the molecule is C=CC(=O)N1CCN(c2ncnc3c(OC)c(-c4cc(O)cc5ccccc45)c(Cl)cc23)CC1. The standard InChI is InChI=1S/C26H23ClN4O3/c1-3-22(33)30-8-10-31(11-9-30)26-20-14-21(27)23(25(34-2)24(20)28-15-29-26)19-13-17(32)12-16-6-4-5-7-18(16)19/h3-7,12-15,32H,1,8-11H2,2H3. The van der Waals surface area contributed by atoms with Crippen LogP contribution in [0.5, 0.6) is 11.5 Å². The topological polar surface area (TPSA) is 78.8 Å². The summed E-state index contributed by atoms with van der Waals surface area (Å²) < 4.78 is 5.85. The molecule has 7 nitrogen and oxygen atoms in total. The van der Waals surface area contributed by atoms with E-state index >= 15 is 0 Å². The number of rotatable bonds is 4. The lowest BCUT2D eigenvalue weighted by atomic mass is 9.95. The maximum atomic E-state index is 12.0. The first-order chi connectivity index (χ1) is 16.5. The Morgan fingerprint density at radius 2 is 1.88 bits per heavy atom. The maximum absolute atomic E-state index is 12.0. The summed E-state index contributed by atoms with van der Waals surface area (Å²) in [5.41, 5.74) is 2.05. The zero-order chi connectivity index (χ0) is 23.8. The Balaban J connectivity index is 1.65. The molecule has 1 aromatic heterocycles. The third-order valence-electron chi connectivity index (χ3n) is 6.20. The third kappa shape index (κ3) is 3.68. The van der Waals surface area contributed by atoms with E-state index in [2.05, 4.69) is 21.4 Å². The second-order valence-electron chi connectivity index (χ2n) is 8.09. The Morgan fingerprint density at radius 1 is 1.12 bits per heavy atom. The first-order valence-electron chi connectivity index (χ1n) is 10.9. The van der Waals surface area contributed by atoms with Gasteiger partial charge in [0.15, 0.2) is 5.75 Å². The van der Waals surface area contributed by atoms with Gasteiger partial charge < -0.3 is 19.6 Å². The number of benzene rings is 3. The molecular weight excluding hydrogens is 452 g/mol. The fourth-order valence-electron chi connectivity index (χ4n) is 4.60. The van der Waals surface area contributed by atoms with E-state index in [1.165, 1.54) is 12.4 Å². The van der Waals surface area contributed by atoms with E-state index in [-0.39, 0.29) is 11.7 Å². The molecule has 8 heteroatoms. The van der Waals surface area contributed by atoms with Crippen LogP contribution in [-0.4, -0.2) is 59.2 Å². The van der Waals surface area contributed by atoms with E-state index in [0.29, 0.717) is 48.0 Å². The number of aromatic nitrogens is 2. The van der Waals surface area contributed by atoms with Crippen LogP contribution in [0.3, 0.4) is 0 Å². The summed E-state index contributed by atoms with van der Waals surface area (Å²) in [6.07, 6.45) is 2.85. The number of carbonyl (C=O) groups is 1. The molecule has 3 aromatic carbocycles. The number of methoxy groups -OCH3 is 1. The number of phenols is 1. The fraction of sp³-hybridized carbons (Fsp3) is 0.192. The summed E-state index contributed by atoms with van der Waals surface area (Å²) in [7, 11) is 1.58. The highest BCUT2D eigenvalue weighted by atomic mass is 35.5. The van der Waals surface area contributed by atoms with Gasteiger partial charge in [-0.25, -0.2) is 9.97 Å². The minimum atomic E-state index is -0.0695. The van der Waals surface area contributed by atoms with E-state index in [9.17, 15) is 9.90 Å². The zero-order valence-corrected chi connectivity index (χ0v) is 19.4. The van der Waals surface area contributed by atoms with Gasteiger partial charge in [0, 0.05) is 37.1 Å². The molecule has 1 saturated heterocycles. The van der Waals surface area contributed by atoms with Gasteiger partial charge in [-0.15, -0.1) is 0 Å². The maximum Gasteiger partial charge on any atom is 0.246 e. The van der Waals surface area contributed by atoms with Gasteiger partial charge in [-0.2, -0.15) is 0 Å². The third-order valence-corrected chi connectivity index (χ3v) is 6.50. The number of piperazine rings is 1. The smallest absolute Gasteiger partial charge is 0.246 e. The molecule has 1 aliphatic rings. The lowest BCUT2D eigenvalue weighted by Crippen LogP contribution is -2.48. The van der Waals surface area contributed by atoms with Gasteiger partial charge in [-0.3, -0.25) is 4.79 Å². The highest BCUT2D eigenvalue weighted by molar-refractivity contribution is 6.35. The normalized spacial score (nSPS) is 13.9. The van der Waals surface area contributed by atoms with Crippen molar-refractivity contribution in [3.05, 3.63) is 66.5 Å². The van der Waals surface area contributed by atoms with Crippen molar-refractivity contribution in [2.45, 2.75) is 0 Å². The number of hydrogen-bond donors (Lipinski definition) is 1. The second kappa shape index (κ2) is 8.83. The Kier molecular flexibility index (Phi) is 5.71. The van der Waals surface area contributed by atoms with Crippen LogP contribution in [0.1, 0.15) is 0 Å². The van der Waals surface area contributed by atoms with Crippen LogP contribution in [-0.2, 0) is 4.79 Å². The summed E-state index contributed by atoms with van der Waals surface area (Å²) in [4.78, 5) is 24.9. The summed E-state index contributed by atoms with van der Waals surface area (Å²) in [6, 6.07) is 13.1. The number of hydrogen-bond acceptors (Lipinski definition) is 6. The molecule has 1 aliphatic heterocycles. The largest absolute Gasteiger partial charge is 0.508 e. The van der Waals surface area contributed by atoms with Crippen LogP contribution in [0.15, 0.2) is 61.4 Å². The van der Waals surface area contributed by atoms with Gasteiger partial charge in [-0.05, 0) is 40.6 Å². The molecule has 34 heavy (non-hydrogen) atoms. The van der Waals surface area contributed by atoms with Crippen LogP contribution in [0.2, 0.25) is 5.02 Å². The molecule has 1 N–H and O–H groups in total. The van der Waals surface area contributed by atoms with Crippen molar-refractivity contribution in [1.82, 2.24) is 14.9 Å². The number of phenolic OH excluding ortho intramolecular Hbond substituents is 1. The minimum absolute atomic E-state index is 0.0695. The predicted molar refractivity (Wildman–Crippen MR) is 135 cm³/mol. The lowest BCUT2D eigenvalue weighted by molar-refractivity contribution is -0.126. The second-order valence-corrected chi connectivity index (χ2v) is 8.50. The number of halogens is 1. The molecule has 5 rings (SSSR count). The van der Waals surface area contributed by atoms with Crippen molar-refractivity contribution < 1.29 is 14.6 Å². The molecular formula is C26H23ClN4O3. The molecule has 2 heterocycles. The molecule has 1 fully saturated rings. The number of fused-ring (bicyclic) bond motifs is 2. The van der Waals surface area contributed by atoms with E-state index < -0.39 is 0 Å². The van der Waals surface area contributed by atoms with Crippen molar-refractivity contribution in [2.24, 2.45) is 0 Å². The van der Waals surface area contributed by atoms with Crippen LogP contribution in [0.25, 0.3) is 32.8 Å². The summed E-state index contributed by atoms with van der Waals surface area (Å²) >= 11 is 6.87. The van der Waals surface area contributed by atoms with E-state index in [4.69, 9.17) is 16.3 Å². The highest BCUT2D eigenvalue weighted by Gasteiger charge is 2.25. The van der Waals surface area contributed by atoms with Gasteiger partial charge in [0.25, 0.3) is 0 Å². The van der Waals surface area contributed by atoms with Crippen LogP contribution in [0, 0.1) is 0 Å². The number of nitrogens with zero attached hydrogens (tertiary/aromatic N) is 4. The van der Waals surface area contributed by atoms with Gasteiger partial charge in [-0.1, -0.05) is 42.4 Å². The first kappa shape index (κ1) is 22.0. The Morgan fingerprint density at radius 3 is 2.62 bits per heavy atom. The van der Waals surface area contributed by atoms with Gasteiger partial charge in [0.2, 0.25) is 5.91 Å². The van der Waals surface area contributed by atoms with Crippen LogP contribution in [0.4, 0.5) is 5.82 Å². The molecule has 1 amide bonds. The summed E-state index contributed by atoms with van der Waals surface area (Å²) in [5, 5.41) is 13.5. The van der Waals surface area contributed by atoms with E-state index in [1.807, 2.05) is 30.3 Å². The molecule has 0 bridgehead atoms. The number of ether oxygens (including phenoxy) is 1. The average molecular weight is 475 g/mol. The lowest BCUT2D eigenvalue weighted by Gasteiger charge is -2.35. The fourth-order valence-corrected chi connectivity index (χ4v) is 4.89. The van der Waals surface area contributed by atoms with Crippen molar-refractivity contribution in [3.8, 4) is 22.6 Å². The molecule has 0 aliphatic carbocycles. The molecule has 172 valence electrons. The zero-order valence-electron chi connectivity index (χ0n) is 18.7. The highest BCUT2D eigenvalue weighted by Crippen LogP contribution is 2.46. The first-order valence-corrected chi connectivity index (χ1v) is 11.3. The molecule has 0 radical (unpaired) electrons. The van der Waals surface area contributed by atoms with Crippen LogP contribution >= 0.6 is 11.6 Å². The Hall–Kier alpha value is -3.84. The van der Waals surface area contributed by atoms with Gasteiger partial charge >= 0.3 is 0 Å². The number of amides is 1. The minimum Gasteiger partial charge on any atom is -0.508 e. The molecule has 0 unspecified atom stereocenters. The molecule has 4 aromatic rings. The van der Waals surface area contributed by atoms with E-state index in [1.54, 1.807) is 24.1 Å². The number of anilines is 1. The quantitative estimate of drug-likeness (QED) is 0.434. The monoisotopic (exact) mass is 474 g/mol.